The lowest BCUT2D eigenvalue weighted by Gasteiger charge is -2.12. The Morgan fingerprint density at radius 2 is 1.92 bits per heavy atom. The van der Waals surface area contributed by atoms with Crippen molar-refractivity contribution in [2.45, 2.75) is 32.4 Å². The maximum Gasteiger partial charge on any atom is 0.254 e. The summed E-state index contributed by atoms with van der Waals surface area (Å²) in [7, 11) is -3.03. The molecule has 1 N–H and O–H groups in total. The Hall–Kier alpha value is -2.48. The van der Waals surface area contributed by atoms with Crippen LogP contribution in [0, 0.1) is 0 Å². The minimum atomic E-state index is -3.03. The number of rotatable bonds is 6. The van der Waals surface area contributed by atoms with E-state index in [1.165, 1.54) is 6.33 Å². The molecule has 0 unspecified atom stereocenters. The molecule has 0 aliphatic carbocycles. The highest BCUT2D eigenvalue weighted by molar-refractivity contribution is 7.90. The molecule has 0 saturated heterocycles. The molecular weight excluding hydrogens is 338 g/mol. The molecule has 7 nitrogen and oxygen atoms in total. The summed E-state index contributed by atoms with van der Waals surface area (Å²) in [5, 5.41) is 7.50. The van der Waals surface area contributed by atoms with Crippen LogP contribution in [0.25, 0.3) is 5.78 Å². The van der Waals surface area contributed by atoms with Crippen molar-refractivity contribution in [1.82, 2.24) is 19.6 Å². The number of nitrogens with one attached hydrogen (secondary N) is 1. The number of anilines is 2. The van der Waals surface area contributed by atoms with E-state index < -0.39 is 9.84 Å². The molecule has 8 heteroatoms. The molecule has 0 radical (unpaired) electrons. The Morgan fingerprint density at radius 1 is 1.20 bits per heavy atom. The molecule has 3 rings (SSSR count). The summed E-state index contributed by atoms with van der Waals surface area (Å²) in [6.07, 6.45) is 1.47. The molecule has 3 aromatic rings. The van der Waals surface area contributed by atoms with Crippen molar-refractivity contribution in [2.24, 2.45) is 0 Å². The molecule has 0 aliphatic heterocycles. The van der Waals surface area contributed by atoms with Gasteiger partial charge >= 0.3 is 0 Å². The standard InChI is InChI=1S/C17H21N5O2S/c1-4-25(23,24)10-13-5-7-14(8-6-13)20-16-9-15(12(2)3)21-17-18-11-19-22(16)17/h5-9,11-12,20H,4,10H2,1-3H3. The van der Waals surface area contributed by atoms with Crippen molar-refractivity contribution >= 4 is 27.1 Å². The minimum absolute atomic E-state index is 0.0594. The highest BCUT2D eigenvalue weighted by atomic mass is 32.2. The highest BCUT2D eigenvalue weighted by Crippen LogP contribution is 2.22. The van der Waals surface area contributed by atoms with E-state index in [-0.39, 0.29) is 17.4 Å². The Bertz CT molecular complexity index is 978. The van der Waals surface area contributed by atoms with Crippen molar-refractivity contribution in [3.8, 4) is 0 Å². The Labute approximate surface area is 147 Å². The van der Waals surface area contributed by atoms with Crippen LogP contribution in [0.2, 0.25) is 0 Å². The predicted molar refractivity (Wildman–Crippen MR) is 97.8 cm³/mol. The van der Waals surface area contributed by atoms with Gasteiger partial charge in [-0.3, -0.25) is 0 Å². The quantitative estimate of drug-likeness (QED) is 0.728. The Balaban J connectivity index is 1.87. The van der Waals surface area contributed by atoms with Gasteiger partial charge in [0.05, 0.1) is 11.4 Å². The fraction of sp³-hybridized carbons (Fsp3) is 0.353. The molecule has 25 heavy (non-hydrogen) atoms. The van der Waals surface area contributed by atoms with Gasteiger partial charge in [-0.1, -0.05) is 32.9 Å². The maximum absolute atomic E-state index is 11.7. The summed E-state index contributed by atoms with van der Waals surface area (Å²) in [6.45, 7) is 5.80. The first kappa shape index (κ1) is 17.3. The van der Waals surface area contributed by atoms with Gasteiger partial charge in [0.25, 0.3) is 5.78 Å². The summed E-state index contributed by atoms with van der Waals surface area (Å²) in [6, 6.07) is 9.30. The van der Waals surface area contributed by atoms with Crippen LogP contribution in [0.5, 0.6) is 0 Å². The van der Waals surface area contributed by atoms with E-state index in [9.17, 15) is 8.42 Å². The lowest BCUT2D eigenvalue weighted by atomic mass is 10.1. The number of nitrogens with zero attached hydrogens (tertiary/aromatic N) is 4. The number of fused-ring (bicyclic) bond motifs is 1. The lowest BCUT2D eigenvalue weighted by molar-refractivity contribution is 0.596. The zero-order chi connectivity index (χ0) is 18.0. The number of hydrogen-bond donors (Lipinski definition) is 1. The summed E-state index contributed by atoms with van der Waals surface area (Å²) in [4.78, 5) is 8.65. The first-order valence-electron chi connectivity index (χ1n) is 8.15. The third-order valence-electron chi connectivity index (χ3n) is 3.92. The van der Waals surface area contributed by atoms with Crippen molar-refractivity contribution in [2.75, 3.05) is 11.1 Å². The zero-order valence-electron chi connectivity index (χ0n) is 14.5. The van der Waals surface area contributed by atoms with Gasteiger partial charge < -0.3 is 5.32 Å². The third kappa shape index (κ3) is 3.96. The zero-order valence-corrected chi connectivity index (χ0v) is 15.3. The van der Waals surface area contributed by atoms with E-state index in [4.69, 9.17) is 0 Å². The van der Waals surface area contributed by atoms with Gasteiger partial charge in [0.15, 0.2) is 9.84 Å². The van der Waals surface area contributed by atoms with Gasteiger partial charge in [-0.2, -0.15) is 14.6 Å². The fourth-order valence-corrected chi connectivity index (χ4v) is 3.31. The summed E-state index contributed by atoms with van der Waals surface area (Å²) in [5.74, 6) is 1.78. The Kier molecular flexibility index (Phi) is 4.71. The highest BCUT2D eigenvalue weighted by Gasteiger charge is 2.11. The van der Waals surface area contributed by atoms with E-state index in [1.54, 1.807) is 11.4 Å². The van der Waals surface area contributed by atoms with E-state index >= 15 is 0 Å². The molecule has 2 heterocycles. The number of hydrogen-bond acceptors (Lipinski definition) is 6. The van der Waals surface area contributed by atoms with Crippen molar-refractivity contribution in [3.05, 3.63) is 47.9 Å². The number of sulfone groups is 1. The van der Waals surface area contributed by atoms with Crippen molar-refractivity contribution < 1.29 is 8.42 Å². The maximum atomic E-state index is 11.7. The van der Waals surface area contributed by atoms with Crippen LogP contribution in [0.3, 0.4) is 0 Å². The number of benzene rings is 1. The molecule has 2 aromatic heterocycles. The van der Waals surface area contributed by atoms with Gasteiger partial charge in [0.1, 0.15) is 12.1 Å². The summed E-state index contributed by atoms with van der Waals surface area (Å²) >= 11 is 0. The van der Waals surface area contributed by atoms with E-state index in [0.717, 1.165) is 22.8 Å². The van der Waals surface area contributed by atoms with Crippen LogP contribution < -0.4 is 5.32 Å². The molecule has 0 saturated carbocycles. The molecule has 0 spiro atoms. The van der Waals surface area contributed by atoms with Crippen LogP contribution >= 0.6 is 0 Å². The Morgan fingerprint density at radius 3 is 2.56 bits per heavy atom. The summed E-state index contributed by atoms with van der Waals surface area (Å²) in [5.41, 5.74) is 2.54. The molecule has 0 atom stereocenters. The van der Waals surface area contributed by atoms with Crippen LogP contribution in [-0.4, -0.2) is 33.8 Å². The second-order valence-corrected chi connectivity index (χ2v) is 8.54. The van der Waals surface area contributed by atoms with Crippen LogP contribution in [0.1, 0.15) is 37.9 Å². The van der Waals surface area contributed by atoms with Gasteiger partial charge in [-0.25, -0.2) is 13.4 Å². The van der Waals surface area contributed by atoms with Crippen LogP contribution in [-0.2, 0) is 15.6 Å². The molecule has 1 aromatic carbocycles. The van der Waals surface area contributed by atoms with E-state index in [0.29, 0.717) is 5.78 Å². The third-order valence-corrected chi connectivity index (χ3v) is 5.57. The lowest BCUT2D eigenvalue weighted by Crippen LogP contribution is -2.07. The van der Waals surface area contributed by atoms with Crippen LogP contribution in [0.4, 0.5) is 11.5 Å². The van der Waals surface area contributed by atoms with Gasteiger partial charge in [-0.05, 0) is 23.6 Å². The first-order chi connectivity index (χ1) is 11.9. The van der Waals surface area contributed by atoms with Crippen molar-refractivity contribution in [1.29, 1.82) is 0 Å². The normalized spacial score (nSPS) is 12.0. The smallest absolute Gasteiger partial charge is 0.254 e. The second-order valence-electron chi connectivity index (χ2n) is 6.19. The van der Waals surface area contributed by atoms with Gasteiger partial charge in [0, 0.05) is 17.5 Å². The van der Waals surface area contributed by atoms with E-state index in [2.05, 4.69) is 34.2 Å². The molecule has 0 fully saturated rings. The summed E-state index contributed by atoms with van der Waals surface area (Å²) < 4.78 is 25.1. The van der Waals surface area contributed by atoms with Gasteiger partial charge in [-0.15, -0.1) is 0 Å². The predicted octanol–water partition coefficient (Wildman–Crippen LogP) is 2.93. The minimum Gasteiger partial charge on any atom is -0.340 e. The SMILES string of the molecule is CCS(=O)(=O)Cc1ccc(Nc2cc(C(C)C)nc3ncnn23)cc1. The topological polar surface area (TPSA) is 89.2 Å². The van der Waals surface area contributed by atoms with Crippen molar-refractivity contribution in [3.63, 3.8) is 0 Å². The monoisotopic (exact) mass is 359 g/mol. The second kappa shape index (κ2) is 6.79. The molecule has 0 aliphatic rings. The van der Waals surface area contributed by atoms with Gasteiger partial charge in [0.2, 0.25) is 0 Å². The molecule has 0 bridgehead atoms. The molecule has 0 amide bonds. The van der Waals surface area contributed by atoms with Crippen LogP contribution in [0.15, 0.2) is 36.7 Å². The molecular formula is C17H21N5O2S. The average Bonchev–Trinajstić information content (AvgIpc) is 3.05. The van der Waals surface area contributed by atoms with E-state index in [1.807, 2.05) is 30.3 Å². The largest absolute Gasteiger partial charge is 0.340 e. The fourth-order valence-electron chi connectivity index (χ4n) is 2.40. The average molecular weight is 359 g/mol. The number of aromatic nitrogens is 4. The first-order valence-corrected chi connectivity index (χ1v) is 9.97. The molecule has 132 valence electrons.